The van der Waals surface area contributed by atoms with Gasteiger partial charge < -0.3 is 9.13 Å². The molecule has 2 aromatic carbocycles. The molecular formula is C24H18N4O2. The number of benzene rings is 2. The van der Waals surface area contributed by atoms with Gasteiger partial charge in [0, 0.05) is 59.4 Å². The highest BCUT2D eigenvalue weighted by Gasteiger charge is 2.35. The number of hydrogen-bond acceptors (Lipinski definition) is 3. The number of aryl methyl sites for hydroxylation is 2. The topological polar surface area (TPSA) is 79.8 Å². The smallest absolute Gasteiger partial charge is 0.259 e. The SMILES string of the molecule is Cn1cc(C2=C(c3cn(C)c4cc(CC#N)ccc34)C(=O)NC2=O)c2ccccc21. The third kappa shape index (κ3) is 2.49. The second-order valence-corrected chi connectivity index (χ2v) is 7.54. The number of hydrogen-bond donors (Lipinski definition) is 1. The van der Waals surface area contributed by atoms with Gasteiger partial charge in [-0.3, -0.25) is 14.9 Å². The van der Waals surface area contributed by atoms with Gasteiger partial charge in [-0.1, -0.05) is 30.3 Å². The Morgan fingerprint density at radius 1 is 0.867 bits per heavy atom. The Hall–Kier alpha value is -4.11. The molecule has 2 aromatic heterocycles. The van der Waals surface area contributed by atoms with Crippen molar-refractivity contribution in [2.24, 2.45) is 14.1 Å². The van der Waals surface area contributed by atoms with Crippen LogP contribution in [0.1, 0.15) is 16.7 Å². The molecule has 0 fully saturated rings. The molecule has 0 saturated carbocycles. The molecule has 0 atom stereocenters. The molecular weight excluding hydrogens is 376 g/mol. The Kier molecular flexibility index (Phi) is 3.87. The number of fused-ring (bicyclic) bond motifs is 2. The molecule has 0 aliphatic carbocycles. The van der Waals surface area contributed by atoms with E-state index in [1.807, 2.05) is 78.1 Å². The lowest BCUT2D eigenvalue weighted by Gasteiger charge is -2.03. The molecule has 6 heteroatoms. The van der Waals surface area contributed by atoms with E-state index in [2.05, 4.69) is 11.4 Å². The van der Waals surface area contributed by atoms with Crippen LogP contribution in [0.25, 0.3) is 33.0 Å². The second kappa shape index (κ2) is 6.46. The Labute approximate surface area is 172 Å². The van der Waals surface area contributed by atoms with Crippen molar-refractivity contribution in [1.82, 2.24) is 14.5 Å². The normalized spacial score (nSPS) is 14.0. The predicted octanol–water partition coefficient (Wildman–Crippen LogP) is 3.30. The quantitative estimate of drug-likeness (QED) is 0.542. The van der Waals surface area contributed by atoms with Gasteiger partial charge in [0.15, 0.2) is 0 Å². The Morgan fingerprint density at radius 3 is 2.13 bits per heavy atom. The van der Waals surface area contributed by atoms with Crippen LogP contribution in [-0.4, -0.2) is 20.9 Å². The maximum absolute atomic E-state index is 12.9. The van der Waals surface area contributed by atoms with E-state index in [0.717, 1.165) is 32.9 Å². The van der Waals surface area contributed by atoms with Crippen molar-refractivity contribution in [3.63, 3.8) is 0 Å². The van der Waals surface area contributed by atoms with Gasteiger partial charge >= 0.3 is 0 Å². The van der Waals surface area contributed by atoms with E-state index >= 15 is 0 Å². The number of para-hydroxylation sites is 1. The molecule has 0 unspecified atom stereocenters. The minimum atomic E-state index is -0.392. The van der Waals surface area contributed by atoms with Crippen LogP contribution < -0.4 is 5.32 Å². The fourth-order valence-corrected chi connectivity index (χ4v) is 4.34. The minimum absolute atomic E-state index is 0.319. The number of carbonyl (C=O) groups is 2. The monoisotopic (exact) mass is 394 g/mol. The van der Waals surface area contributed by atoms with Crippen LogP contribution in [0, 0.1) is 11.3 Å². The van der Waals surface area contributed by atoms with E-state index in [-0.39, 0.29) is 5.91 Å². The molecule has 1 aliphatic heterocycles. The molecule has 2 amide bonds. The summed E-state index contributed by atoms with van der Waals surface area (Å²) in [6, 6.07) is 15.7. The van der Waals surface area contributed by atoms with Crippen LogP contribution in [0.3, 0.4) is 0 Å². The largest absolute Gasteiger partial charge is 0.350 e. The molecule has 30 heavy (non-hydrogen) atoms. The lowest BCUT2D eigenvalue weighted by atomic mass is 9.95. The summed E-state index contributed by atoms with van der Waals surface area (Å²) in [6.07, 6.45) is 4.09. The van der Waals surface area contributed by atoms with Gasteiger partial charge in [0.1, 0.15) is 0 Å². The number of imide groups is 1. The van der Waals surface area contributed by atoms with Gasteiger partial charge in [-0.2, -0.15) is 5.26 Å². The number of carbonyl (C=O) groups excluding carboxylic acids is 2. The Morgan fingerprint density at radius 2 is 1.47 bits per heavy atom. The van der Waals surface area contributed by atoms with Gasteiger partial charge in [0.2, 0.25) is 0 Å². The third-order valence-corrected chi connectivity index (χ3v) is 5.71. The van der Waals surface area contributed by atoms with E-state index in [0.29, 0.717) is 23.1 Å². The highest BCUT2D eigenvalue weighted by molar-refractivity contribution is 6.50. The molecule has 0 radical (unpaired) electrons. The number of nitrogens with zero attached hydrogens (tertiary/aromatic N) is 3. The van der Waals surface area contributed by atoms with Gasteiger partial charge in [-0.15, -0.1) is 0 Å². The van der Waals surface area contributed by atoms with Crippen LogP contribution in [0.2, 0.25) is 0 Å². The molecule has 0 saturated heterocycles. The summed E-state index contributed by atoms with van der Waals surface area (Å²) in [6.45, 7) is 0. The van der Waals surface area contributed by atoms with E-state index in [1.54, 1.807) is 0 Å². The van der Waals surface area contributed by atoms with Crippen molar-refractivity contribution >= 4 is 44.8 Å². The summed E-state index contributed by atoms with van der Waals surface area (Å²) in [4.78, 5) is 25.7. The van der Waals surface area contributed by atoms with Crippen LogP contribution in [-0.2, 0) is 30.1 Å². The van der Waals surface area contributed by atoms with Crippen molar-refractivity contribution in [3.05, 3.63) is 71.5 Å². The van der Waals surface area contributed by atoms with Crippen molar-refractivity contribution in [1.29, 1.82) is 5.26 Å². The maximum atomic E-state index is 12.9. The summed E-state index contributed by atoms with van der Waals surface area (Å²) < 4.78 is 3.89. The Bertz CT molecular complexity index is 1460. The minimum Gasteiger partial charge on any atom is -0.350 e. The third-order valence-electron chi connectivity index (χ3n) is 5.71. The lowest BCUT2D eigenvalue weighted by Crippen LogP contribution is -2.22. The van der Waals surface area contributed by atoms with Gasteiger partial charge in [-0.05, 0) is 17.7 Å². The van der Waals surface area contributed by atoms with E-state index in [9.17, 15) is 9.59 Å². The van der Waals surface area contributed by atoms with Crippen molar-refractivity contribution in [2.45, 2.75) is 6.42 Å². The van der Waals surface area contributed by atoms with Crippen LogP contribution in [0.4, 0.5) is 0 Å². The first-order chi connectivity index (χ1) is 14.5. The molecule has 5 rings (SSSR count). The fourth-order valence-electron chi connectivity index (χ4n) is 4.34. The van der Waals surface area contributed by atoms with Gasteiger partial charge in [0.05, 0.1) is 23.6 Å². The second-order valence-electron chi connectivity index (χ2n) is 7.54. The van der Waals surface area contributed by atoms with Crippen LogP contribution >= 0.6 is 0 Å². The lowest BCUT2D eigenvalue weighted by molar-refractivity contribution is -0.122. The number of nitriles is 1. The first-order valence-corrected chi connectivity index (χ1v) is 9.59. The zero-order valence-corrected chi connectivity index (χ0v) is 16.6. The summed E-state index contributed by atoms with van der Waals surface area (Å²) in [5.41, 5.74) is 5.04. The number of rotatable bonds is 3. The van der Waals surface area contributed by atoms with E-state index in [4.69, 9.17) is 5.26 Å². The summed E-state index contributed by atoms with van der Waals surface area (Å²) in [5, 5.41) is 13.3. The van der Waals surface area contributed by atoms with E-state index in [1.165, 1.54) is 0 Å². The van der Waals surface area contributed by atoms with Crippen LogP contribution in [0.5, 0.6) is 0 Å². The molecule has 1 aliphatic rings. The highest BCUT2D eigenvalue weighted by atomic mass is 16.2. The average molecular weight is 394 g/mol. The standard InChI is InChI=1S/C24H18N4O2/c1-27-12-17(15-5-3-4-6-19(15)27)21-22(24(30)26-23(21)29)18-13-28(2)20-11-14(9-10-25)7-8-16(18)20/h3-8,11-13H,9H2,1-2H3,(H,26,29,30). The highest BCUT2D eigenvalue weighted by Crippen LogP contribution is 2.38. The molecule has 0 bridgehead atoms. The molecule has 1 N–H and O–H groups in total. The zero-order chi connectivity index (χ0) is 21.0. The maximum Gasteiger partial charge on any atom is 0.259 e. The van der Waals surface area contributed by atoms with Gasteiger partial charge in [0.25, 0.3) is 11.8 Å². The zero-order valence-electron chi connectivity index (χ0n) is 16.6. The first-order valence-electron chi connectivity index (χ1n) is 9.59. The molecule has 146 valence electrons. The number of amides is 2. The average Bonchev–Trinajstić information content (AvgIpc) is 3.33. The summed E-state index contributed by atoms with van der Waals surface area (Å²) in [7, 11) is 3.82. The van der Waals surface area contributed by atoms with Gasteiger partial charge in [-0.25, -0.2) is 0 Å². The van der Waals surface area contributed by atoms with Crippen molar-refractivity contribution in [2.75, 3.05) is 0 Å². The Balaban J connectivity index is 1.81. The molecule has 0 spiro atoms. The van der Waals surface area contributed by atoms with Crippen LogP contribution in [0.15, 0.2) is 54.9 Å². The summed E-state index contributed by atoms with van der Waals surface area (Å²) >= 11 is 0. The van der Waals surface area contributed by atoms with Crippen molar-refractivity contribution in [3.8, 4) is 6.07 Å². The summed E-state index contributed by atoms with van der Waals surface area (Å²) in [5.74, 6) is -0.777. The number of aromatic nitrogens is 2. The molecule has 4 aromatic rings. The molecule has 6 nitrogen and oxygen atoms in total. The first kappa shape index (κ1) is 18.0. The van der Waals surface area contributed by atoms with E-state index < -0.39 is 5.91 Å². The molecule has 3 heterocycles. The van der Waals surface area contributed by atoms with Crippen molar-refractivity contribution < 1.29 is 9.59 Å². The number of nitrogens with one attached hydrogen (secondary N) is 1. The fraction of sp³-hybridized carbons (Fsp3) is 0.125. The predicted molar refractivity (Wildman–Crippen MR) is 115 cm³/mol.